The number of nitrogens with one attached hydrogen (secondary N) is 1. The number of carbonyl (C=O) groups excluding carboxylic acids is 1. The first-order valence-electron chi connectivity index (χ1n) is 6.10. The third-order valence-corrected chi connectivity index (χ3v) is 5.57. The van der Waals surface area contributed by atoms with Gasteiger partial charge in [-0.05, 0) is 18.6 Å². The molecule has 0 bridgehead atoms. The Labute approximate surface area is 126 Å². The molecule has 114 valence electrons. The summed E-state index contributed by atoms with van der Waals surface area (Å²) < 4.78 is 22.9. The number of hydrogen-bond acceptors (Lipinski definition) is 5. The Bertz CT molecular complexity index is 704. The SMILES string of the molecule is Cc1ccc([N+](=O)[O-])c(C(=O)NC2CS(=O)(=O)CC2Cl)c1. The van der Waals surface area contributed by atoms with Gasteiger partial charge in [0.2, 0.25) is 0 Å². The van der Waals surface area contributed by atoms with Gasteiger partial charge in [0.05, 0.1) is 27.8 Å². The number of amides is 1. The van der Waals surface area contributed by atoms with Crippen molar-refractivity contribution in [3.63, 3.8) is 0 Å². The van der Waals surface area contributed by atoms with Gasteiger partial charge in [0, 0.05) is 6.07 Å². The number of hydrogen-bond donors (Lipinski definition) is 1. The molecule has 21 heavy (non-hydrogen) atoms. The van der Waals surface area contributed by atoms with E-state index in [1.807, 2.05) is 0 Å². The van der Waals surface area contributed by atoms with Gasteiger partial charge in [-0.2, -0.15) is 0 Å². The zero-order valence-electron chi connectivity index (χ0n) is 11.1. The van der Waals surface area contributed by atoms with Gasteiger partial charge < -0.3 is 5.32 Å². The highest BCUT2D eigenvalue weighted by atomic mass is 35.5. The van der Waals surface area contributed by atoms with Crippen molar-refractivity contribution in [1.82, 2.24) is 5.32 Å². The van der Waals surface area contributed by atoms with Crippen LogP contribution in [0.2, 0.25) is 0 Å². The number of aryl methyl sites for hydroxylation is 1. The number of sulfone groups is 1. The molecule has 1 saturated heterocycles. The first-order chi connectivity index (χ1) is 9.69. The lowest BCUT2D eigenvalue weighted by molar-refractivity contribution is -0.385. The van der Waals surface area contributed by atoms with E-state index in [2.05, 4.69) is 5.32 Å². The summed E-state index contributed by atoms with van der Waals surface area (Å²) in [6.07, 6.45) is 0. The molecule has 1 aliphatic rings. The highest BCUT2D eigenvalue weighted by Crippen LogP contribution is 2.22. The lowest BCUT2D eigenvalue weighted by Crippen LogP contribution is -2.40. The first kappa shape index (κ1) is 15.7. The van der Waals surface area contributed by atoms with Crippen LogP contribution in [0.1, 0.15) is 15.9 Å². The standard InChI is InChI=1S/C12H13ClN2O5S/c1-7-2-3-11(15(17)18)8(4-7)12(16)14-10-6-21(19,20)5-9(10)13/h2-4,9-10H,5-6H2,1H3,(H,14,16). The molecule has 1 amide bonds. The summed E-state index contributed by atoms with van der Waals surface area (Å²) in [6.45, 7) is 1.70. The average Bonchev–Trinajstić information content (AvgIpc) is 2.61. The molecule has 2 unspecified atom stereocenters. The van der Waals surface area contributed by atoms with Crippen LogP contribution in [-0.2, 0) is 9.84 Å². The molecule has 7 nitrogen and oxygen atoms in total. The van der Waals surface area contributed by atoms with Crippen LogP contribution in [0.25, 0.3) is 0 Å². The lowest BCUT2D eigenvalue weighted by atomic mass is 10.1. The van der Waals surface area contributed by atoms with Crippen LogP contribution in [0.15, 0.2) is 18.2 Å². The number of benzene rings is 1. The summed E-state index contributed by atoms with van der Waals surface area (Å²) in [5.41, 5.74) is 0.255. The minimum absolute atomic E-state index is 0.104. The van der Waals surface area contributed by atoms with Gasteiger partial charge in [0.15, 0.2) is 9.84 Å². The van der Waals surface area contributed by atoms with E-state index in [0.29, 0.717) is 5.56 Å². The van der Waals surface area contributed by atoms with Crippen LogP contribution in [0.4, 0.5) is 5.69 Å². The fourth-order valence-electron chi connectivity index (χ4n) is 2.17. The van der Waals surface area contributed by atoms with Gasteiger partial charge in [-0.1, -0.05) is 6.07 Å². The third kappa shape index (κ3) is 3.51. The van der Waals surface area contributed by atoms with Gasteiger partial charge in [-0.15, -0.1) is 11.6 Å². The van der Waals surface area contributed by atoms with Crippen LogP contribution in [-0.4, -0.2) is 42.2 Å². The Hall–Kier alpha value is -1.67. The maximum Gasteiger partial charge on any atom is 0.282 e. The summed E-state index contributed by atoms with van der Waals surface area (Å²) in [4.78, 5) is 22.5. The summed E-state index contributed by atoms with van der Waals surface area (Å²) in [5, 5.41) is 12.7. The molecule has 1 aromatic carbocycles. The molecule has 0 radical (unpaired) electrons. The van der Waals surface area contributed by atoms with E-state index in [-0.39, 0.29) is 22.8 Å². The molecule has 1 fully saturated rings. The molecule has 0 spiro atoms. The largest absolute Gasteiger partial charge is 0.347 e. The van der Waals surface area contributed by atoms with E-state index >= 15 is 0 Å². The number of nitro benzene ring substituents is 1. The second-order valence-corrected chi connectivity index (χ2v) is 7.66. The highest BCUT2D eigenvalue weighted by Gasteiger charge is 2.38. The predicted octanol–water partition coefficient (Wildman–Crippen LogP) is 1.04. The van der Waals surface area contributed by atoms with Crippen molar-refractivity contribution in [3.8, 4) is 0 Å². The Morgan fingerprint density at radius 3 is 2.62 bits per heavy atom. The van der Waals surface area contributed by atoms with Crippen molar-refractivity contribution < 1.29 is 18.1 Å². The van der Waals surface area contributed by atoms with Gasteiger partial charge >= 0.3 is 0 Å². The molecule has 9 heteroatoms. The average molecular weight is 333 g/mol. The minimum atomic E-state index is -3.29. The smallest absolute Gasteiger partial charge is 0.282 e. The van der Waals surface area contributed by atoms with Crippen LogP contribution in [0.5, 0.6) is 0 Å². The summed E-state index contributed by atoms with van der Waals surface area (Å²) >= 11 is 5.90. The number of rotatable bonds is 3. The molecule has 1 heterocycles. The summed E-state index contributed by atoms with van der Waals surface area (Å²) in [7, 11) is -3.29. The fourth-order valence-corrected chi connectivity index (χ4v) is 4.72. The lowest BCUT2D eigenvalue weighted by Gasteiger charge is -2.14. The maximum absolute atomic E-state index is 12.2. The molecule has 0 saturated carbocycles. The fraction of sp³-hybridized carbons (Fsp3) is 0.417. The Morgan fingerprint density at radius 1 is 1.43 bits per heavy atom. The van der Waals surface area contributed by atoms with Crippen LogP contribution >= 0.6 is 11.6 Å². The van der Waals surface area contributed by atoms with E-state index in [1.54, 1.807) is 6.92 Å². The molecular weight excluding hydrogens is 320 g/mol. The van der Waals surface area contributed by atoms with E-state index in [1.165, 1.54) is 18.2 Å². The van der Waals surface area contributed by atoms with Crippen molar-refractivity contribution in [2.45, 2.75) is 18.3 Å². The molecule has 1 aromatic rings. The van der Waals surface area contributed by atoms with Crippen molar-refractivity contribution in [3.05, 3.63) is 39.4 Å². The molecule has 2 rings (SSSR count). The zero-order chi connectivity index (χ0) is 15.8. The van der Waals surface area contributed by atoms with Gasteiger partial charge in [0.1, 0.15) is 5.56 Å². The quantitative estimate of drug-likeness (QED) is 0.505. The van der Waals surface area contributed by atoms with Crippen molar-refractivity contribution in [2.75, 3.05) is 11.5 Å². The van der Waals surface area contributed by atoms with E-state index in [4.69, 9.17) is 11.6 Å². The molecule has 1 N–H and O–H groups in total. The van der Waals surface area contributed by atoms with Gasteiger partial charge in [-0.3, -0.25) is 14.9 Å². The van der Waals surface area contributed by atoms with E-state index in [9.17, 15) is 23.3 Å². The number of nitrogens with zero attached hydrogens (tertiary/aromatic N) is 1. The third-order valence-electron chi connectivity index (χ3n) is 3.19. The van der Waals surface area contributed by atoms with Crippen molar-refractivity contribution in [2.24, 2.45) is 0 Å². The highest BCUT2D eigenvalue weighted by molar-refractivity contribution is 7.91. The topological polar surface area (TPSA) is 106 Å². The van der Waals surface area contributed by atoms with Crippen molar-refractivity contribution in [1.29, 1.82) is 0 Å². The van der Waals surface area contributed by atoms with Crippen molar-refractivity contribution >= 4 is 33.0 Å². The monoisotopic (exact) mass is 332 g/mol. The van der Waals surface area contributed by atoms with Crippen LogP contribution < -0.4 is 5.32 Å². The second kappa shape index (κ2) is 5.61. The Kier molecular flexibility index (Phi) is 4.20. The van der Waals surface area contributed by atoms with Gasteiger partial charge in [0.25, 0.3) is 11.6 Å². The van der Waals surface area contributed by atoms with E-state index < -0.39 is 32.1 Å². The van der Waals surface area contributed by atoms with Crippen LogP contribution in [0, 0.1) is 17.0 Å². The summed E-state index contributed by atoms with van der Waals surface area (Å²) in [6, 6.07) is 3.41. The number of nitro groups is 1. The van der Waals surface area contributed by atoms with Gasteiger partial charge in [-0.25, -0.2) is 8.42 Å². The normalized spacial score (nSPS) is 23.7. The predicted molar refractivity (Wildman–Crippen MR) is 77.4 cm³/mol. The second-order valence-electron chi connectivity index (χ2n) is 4.95. The minimum Gasteiger partial charge on any atom is -0.347 e. The number of halogens is 1. The molecule has 0 aliphatic carbocycles. The molecule has 0 aromatic heterocycles. The zero-order valence-corrected chi connectivity index (χ0v) is 12.6. The number of alkyl halides is 1. The molecule has 2 atom stereocenters. The van der Waals surface area contributed by atoms with Crippen LogP contribution in [0.3, 0.4) is 0 Å². The number of carbonyl (C=O) groups is 1. The summed E-state index contributed by atoms with van der Waals surface area (Å²) in [5.74, 6) is -1.17. The molecule has 1 aliphatic heterocycles. The Morgan fingerprint density at radius 2 is 2.10 bits per heavy atom. The van der Waals surface area contributed by atoms with E-state index in [0.717, 1.165) is 0 Å². The first-order valence-corrected chi connectivity index (χ1v) is 8.36. The maximum atomic E-state index is 12.2. The Balaban J connectivity index is 2.25. The molecular formula is C12H13ClN2O5S.